The molecule has 0 aliphatic carbocycles. The topological polar surface area (TPSA) is 38.3 Å². The number of benzene rings is 1. The highest BCUT2D eigenvalue weighted by molar-refractivity contribution is 9.09. The third-order valence-corrected chi connectivity index (χ3v) is 4.98. The molecular weight excluding hydrogens is 306 g/mol. The van der Waals surface area contributed by atoms with E-state index in [1.54, 1.807) is 0 Å². The fraction of sp³-hybridized carbons (Fsp3) is 0.533. The fourth-order valence-corrected chi connectivity index (χ4v) is 3.52. The molecule has 1 N–H and O–H groups in total. The molecule has 19 heavy (non-hydrogen) atoms. The van der Waals surface area contributed by atoms with Crippen LogP contribution < -0.4 is 5.32 Å². The van der Waals surface area contributed by atoms with E-state index in [0.717, 1.165) is 38.0 Å². The summed E-state index contributed by atoms with van der Waals surface area (Å²) in [4.78, 5) is 11.8. The molecule has 3 rings (SSSR count). The predicted molar refractivity (Wildman–Crippen MR) is 78.7 cm³/mol. The van der Waals surface area contributed by atoms with Crippen LogP contribution in [0.4, 0.5) is 5.69 Å². The highest BCUT2D eigenvalue weighted by atomic mass is 79.9. The number of fused-ring (bicyclic) bond motifs is 1. The first kappa shape index (κ1) is 13.1. The quantitative estimate of drug-likeness (QED) is 0.845. The molecule has 2 unspecified atom stereocenters. The molecule has 1 amide bonds. The van der Waals surface area contributed by atoms with E-state index in [4.69, 9.17) is 4.74 Å². The molecule has 0 saturated carbocycles. The predicted octanol–water partition coefficient (Wildman–Crippen LogP) is 3.58. The molecule has 2 heterocycles. The van der Waals surface area contributed by atoms with Crippen molar-refractivity contribution in [2.45, 2.75) is 43.0 Å². The number of hydrogen-bond acceptors (Lipinski definition) is 2. The van der Waals surface area contributed by atoms with Gasteiger partial charge in [0.2, 0.25) is 5.91 Å². The number of carbonyl (C=O) groups excluding carboxylic acids is 1. The van der Waals surface area contributed by atoms with Crippen molar-refractivity contribution in [3.05, 3.63) is 29.3 Å². The first-order chi connectivity index (χ1) is 9.24. The number of halogens is 1. The van der Waals surface area contributed by atoms with E-state index < -0.39 is 0 Å². The Morgan fingerprint density at radius 3 is 3.00 bits per heavy atom. The summed E-state index contributed by atoms with van der Waals surface area (Å²) in [5.41, 5.74) is 3.46. The van der Waals surface area contributed by atoms with E-state index in [2.05, 4.69) is 33.4 Å². The zero-order valence-electron chi connectivity index (χ0n) is 10.8. The Bertz CT molecular complexity index is 483. The number of ether oxygens (including phenoxy) is 1. The molecule has 3 nitrogen and oxygen atoms in total. The minimum atomic E-state index is 0.126. The maximum atomic E-state index is 11.5. The number of anilines is 1. The van der Waals surface area contributed by atoms with Gasteiger partial charge in [-0.1, -0.05) is 28.1 Å². The molecule has 2 atom stereocenters. The van der Waals surface area contributed by atoms with Crippen molar-refractivity contribution in [1.82, 2.24) is 0 Å². The van der Waals surface area contributed by atoms with Gasteiger partial charge in [-0.15, -0.1) is 0 Å². The van der Waals surface area contributed by atoms with Crippen LogP contribution >= 0.6 is 15.9 Å². The van der Waals surface area contributed by atoms with Gasteiger partial charge in [-0.25, -0.2) is 0 Å². The molecule has 4 heteroatoms. The molecule has 2 aliphatic rings. The van der Waals surface area contributed by atoms with Gasteiger partial charge < -0.3 is 10.1 Å². The summed E-state index contributed by atoms with van der Waals surface area (Å²) < 4.78 is 5.74. The summed E-state index contributed by atoms with van der Waals surface area (Å²) in [6.45, 7) is 0.869. The van der Waals surface area contributed by atoms with Crippen LogP contribution in [0, 0.1) is 0 Å². The van der Waals surface area contributed by atoms with Gasteiger partial charge in [0.25, 0.3) is 0 Å². The first-order valence-corrected chi connectivity index (χ1v) is 7.84. The Balaban J connectivity index is 1.84. The lowest BCUT2D eigenvalue weighted by molar-refractivity contribution is -0.116. The number of carbonyl (C=O) groups is 1. The normalized spacial score (nSPS) is 24.5. The van der Waals surface area contributed by atoms with Gasteiger partial charge in [0.05, 0.1) is 10.9 Å². The van der Waals surface area contributed by atoms with Gasteiger partial charge in [-0.05, 0) is 42.9 Å². The van der Waals surface area contributed by atoms with E-state index in [-0.39, 0.29) is 16.8 Å². The van der Waals surface area contributed by atoms with Crippen LogP contribution in [-0.2, 0) is 16.0 Å². The van der Waals surface area contributed by atoms with Crippen LogP contribution in [0.15, 0.2) is 18.2 Å². The average Bonchev–Trinajstić information content (AvgIpc) is 2.87. The van der Waals surface area contributed by atoms with Crippen LogP contribution in [-0.4, -0.2) is 18.6 Å². The van der Waals surface area contributed by atoms with Crippen molar-refractivity contribution in [2.75, 3.05) is 11.9 Å². The van der Waals surface area contributed by atoms with Crippen LogP contribution in [0.25, 0.3) is 0 Å². The van der Waals surface area contributed by atoms with E-state index in [9.17, 15) is 4.79 Å². The van der Waals surface area contributed by atoms with Gasteiger partial charge in [0.1, 0.15) is 0 Å². The minimum Gasteiger partial charge on any atom is -0.377 e. The summed E-state index contributed by atoms with van der Waals surface area (Å²) >= 11 is 3.76. The molecule has 0 bridgehead atoms. The minimum absolute atomic E-state index is 0.126. The van der Waals surface area contributed by atoms with E-state index >= 15 is 0 Å². The van der Waals surface area contributed by atoms with Crippen LogP contribution in [0.1, 0.15) is 41.6 Å². The van der Waals surface area contributed by atoms with E-state index in [1.165, 1.54) is 11.1 Å². The summed E-state index contributed by atoms with van der Waals surface area (Å²) in [7, 11) is 0. The Labute approximate surface area is 121 Å². The summed E-state index contributed by atoms with van der Waals surface area (Å²) in [6.07, 6.45) is 5.05. The number of rotatable bonds is 2. The van der Waals surface area contributed by atoms with Crippen LogP contribution in [0.3, 0.4) is 0 Å². The molecular formula is C15H18BrNO2. The maximum absolute atomic E-state index is 11.5. The Kier molecular flexibility index (Phi) is 3.89. The Hall–Kier alpha value is -0.870. The summed E-state index contributed by atoms with van der Waals surface area (Å²) in [6, 6.07) is 6.32. The van der Waals surface area contributed by atoms with Gasteiger partial charge in [-0.3, -0.25) is 4.79 Å². The lowest BCUT2D eigenvalue weighted by atomic mass is 10.00. The molecule has 1 aromatic rings. The summed E-state index contributed by atoms with van der Waals surface area (Å²) in [5, 5.41) is 2.97. The molecule has 0 spiro atoms. The molecule has 1 fully saturated rings. The number of aryl methyl sites for hydroxylation is 1. The van der Waals surface area contributed by atoms with Crippen molar-refractivity contribution in [2.24, 2.45) is 0 Å². The first-order valence-electron chi connectivity index (χ1n) is 6.92. The monoisotopic (exact) mass is 323 g/mol. The van der Waals surface area contributed by atoms with Crippen molar-refractivity contribution in [3.8, 4) is 0 Å². The van der Waals surface area contributed by atoms with E-state index in [0.29, 0.717) is 6.42 Å². The van der Waals surface area contributed by atoms with E-state index in [1.807, 2.05) is 6.07 Å². The highest BCUT2D eigenvalue weighted by Crippen LogP contribution is 2.36. The van der Waals surface area contributed by atoms with Gasteiger partial charge in [0, 0.05) is 18.7 Å². The number of nitrogens with one attached hydrogen (secondary N) is 1. The molecule has 1 aromatic carbocycles. The lowest BCUT2D eigenvalue weighted by Gasteiger charge is -2.19. The zero-order chi connectivity index (χ0) is 13.2. The van der Waals surface area contributed by atoms with Gasteiger partial charge in [0.15, 0.2) is 0 Å². The summed E-state index contributed by atoms with van der Waals surface area (Å²) in [5.74, 6) is 0.126. The second-order valence-electron chi connectivity index (χ2n) is 5.27. The fourth-order valence-electron chi connectivity index (χ4n) is 2.81. The Morgan fingerprint density at radius 1 is 1.32 bits per heavy atom. The van der Waals surface area contributed by atoms with Crippen LogP contribution in [0.5, 0.6) is 0 Å². The zero-order valence-corrected chi connectivity index (χ0v) is 12.4. The third kappa shape index (κ3) is 2.84. The standard InChI is InChI=1S/C15H18BrNO2/c16-15(13-4-2-8-19-13)11-6-7-12-10(9-11)3-1-5-14(18)17-12/h6-7,9,13,15H,1-5,8H2,(H,17,18). The number of hydrogen-bond donors (Lipinski definition) is 1. The SMILES string of the molecule is O=C1CCCc2cc(C(Br)C3CCCO3)ccc2N1. The molecule has 0 radical (unpaired) electrons. The van der Waals surface area contributed by atoms with Crippen molar-refractivity contribution >= 4 is 27.5 Å². The highest BCUT2D eigenvalue weighted by Gasteiger charge is 2.26. The smallest absolute Gasteiger partial charge is 0.224 e. The van der Waals surface area contributed by atoms with Crippen LogP contribution in [0.2, 0.25) is 0 Å². The lowest BCUT2D eigenvalue weighted by Crippen LogP contribution is -2.13. The second kappa shape index (κ2) is 5.63. The molecule has 1 saturated heterocycles. The number of amides is 1. The third-order valence-electron chi connectivity index (χ3n) is 3.86. The molecule has 2 aliphatic heterocycles. The average molecular weight is 324 g/mol. The number of alkyl halides is 1. The maximum Gasteiger partial charge on any atom is 0.224 e. The Morgan fingerprint density at radius 2 is 2.21 bits per heavy atom. The van der Waals surface area contributed by atoms with Gasteiger partial charge in [-0.2, -0.15) is 0 Å². The molecule has 0 aromatic heterocycles. The van der Waals surface area contributed by atoms with Crippen molar-refractivity contribution < 1.29 is 9.53 Å². The van der Waals surface area contributed by atoms with Crippen molar-refractivity contribution in [1.29, 1.82) is 0 Å². The van der Waals surface area contributed by atoms with Gasteiger partial charge >= 0.3 is 0 Å². The largest absolute Gasteiger partial charge is 0.377 e. The van der Waals surface area contributed by atoms with Crippen molar-refractivity contribution in [3.63, 3.8) is 0 Å². The second-order valence-corrected chi connectivity index (χ2v) is 6.26. The molecule has 102 valence electrons.